The highest BCUT2D eigenvalue weighted by molar-refractivity contribution is 7.12. The van der Waals surface area contributed by atoms with Crippen molar-refractivity contribution < 1.29 is 4.79 Å². The average molecular weight is 280 g/mol. The van der Waals surface area contributed by atoms with Gasteiger partial charge in [-0.25, -0.2) is 0 Å². The van der Waals surface area contributed by atoms with Gasteiger partial charge in [-0.15, -0.1) is 11.3 Å². The molecule has 0 bridgehead atoms. The van der Waals surface area contributed by atoms with E-state index in [-0.39, 0.29) is 11.3 Å². The Bertz CT molecular complexity index is 439. The third-order valence-corrected chi connectivity index (χ3v) is 5.09. The molecule has 4 heteroatoms. The summed E-state index contributed by atoms with van der Waals surface area (Å²) in [5.74, 6) is 0.200. The Labute approximate surface area is 120 Å². The van der Waals surface area contributed by atoms with E-state index in [0.29, 0.717) is 0 Å². The molecular weight excluding hydrogens is 256 g/mol. The molecular formula is C15H24N2OS. The maximum Gasteiger partial charge on any atom is 0.219 e. The monoisotopic (exact) mass is 280 g/mol. The summed E-state index contributed by atoms with van der Waals surface area (Å²) < 4.78 is 0. The fraction of sp³-hybridized carbons (Fsp3) is 0.667. The van der Waals surface area contributed by atoms with E-state index in [0.717, 1.165) is 32.7 Å². The van der Waals surface area contributed by atoms with Crippen molar-refractivity contribution in [3.8, 4) is 0 Å². The van der Waals surface area contributed by atoms with E-state index in [1.807, 2.05) is 16.2 Å². The van der Waals surface area contributed by atoms with Gasteiger partial charge in [0.05, 0.1) is 0 Å². The lowest BCUT2D eigenvalue weighted by atomic mass is 9.95. The van der Waals surface area contributed by atoms with Crippen LogP contribution in [0.15, 0.2) is 12.1 Å². The maximum absolute atomic E-state index is 11.3. The van der Waals surface area contributed by atoms with Gasteiger partial charge in [0, 0.05) is 49.4 Å². The van der Waals surface area contributed by atoms with Crippen LogP contribution < -0.4 is 0 Å². The SMILES string of the molecule is CC(=O)N1CCN(Cc2ccc(C(C)(C)C)s2)CC1. The molecule has 0 N–H and O–H groups in total. The van der Waals surface area contributed by atoms with Crippen molar-refractivity contribution in [2.75, 3.05) is 26.2 Å². The molecule has 3 nitrogen and oxygen atoms in total. The number of thiophene rings is 1. The van der Waals surface area contributed by atoms with Gasteiger partial charge >= 0.3 is 0 Å². The first-order valence-electron chi connectivity index (χ1n) is 6.93. The number of hydrogen-bond donors (Lipinski definition) is 0. The Morgan fingerprint density at radius 2 is 1.84 bits per heavy atom. The summed E-state index contributed by atoms with van der Waals surface area (Å²) in [4.78, 5) is 18.5. The molecule has 2 rings (SSSR count). The first-order valence-corrected chi connectivity index (χ1v) is 7.75. The molecule has 1 aromatic heterocycles. The lowest BCUT2D eigenvalue weighted by Gasteiger charge is -2.33. The van der Waals surface area contributed by atoms with E-state index in [4.69, 9.17) is 0 Å². The predicted molar refractivity (Wildman–Crippen MR) is 80.6 cm³/mol. The van der Waals surface area contributed by atoms with Gasteiger partial charge in [-0.2, -0.15) is 0 Å². The van der Waals surface area contributed by atoms with Crippen LogP contribution >= 0.6 is 11.3 Å². The van der Waals surface area contributed by atoms with E-state index in [1.165, 1.54) is 9.75 Å². The second-order valence-electron chi connectivity index (χ2n) is 6.30. The van der Waals surface area contributed by atoms with Gasteiger partial charge in [0.15, 0.2) is 0 Å². The van der Waals surface area contributed by atoms with Crippen LogP contribution in [0.5, 0.6) is 0 Å². The molecule has 0 radical (unpaired) electrons. The van der Waals surface area contributed by atoms with Crippen LogP contribution in [0.4, 0.5) is 0 Å². The summed E-state index contributed by atoms with van der Waals surface area (Å²) in [6.45, 7) is 13.2. The predicted octanol–water partition coefficient (Wildman–Crippen LogP) is 2.71. The topological polar surface area (TPSA) is 23.6 Å². The summed E-state index contributed by atoms with van der Waals surface area (Å²) >= 11 is 1.92. The highest BCUT2D eigenvalue weighted by atomic mass is 32.1. The van der Waals surface area contributed by atoms with Gasteiger partial charge in [-0.3, -0.25) is 9.69 Å². The summed E-state index contributed by atoms with van der Waals surface area (Å²) in [5, 5.41) is 0. The largest absolute Gasteiger partial charge is 0.340 e. The van der Waals surface area contributed by atoms with Crippen LogP contribution in [-0.4, -0.2) is 41.9 Å². The van der Waals surface area contributed by atoms with E-state index < -0.39 is 0 Å². The van der Waals surface area contributed by atoms with E-state index in [2.05, 4.69) is 37.8 Å². The van der Waals surface area contributed by atoms with E-state index in [1.54, 1.807) is 6.92 Å². The normalized spacial score (nSPS) is 17.8. The molecule has 0 aromatic carbocycles. The minimum absolute atomic E-state index is 0.200. The van der Waals surface area contributed by atoms with Crippen LogP contribution in [0.2, 0.25) is 0 Å². The highest BCUT2D eigenvalue weighted by Gasteiger charge is 2.20. The Balaban J connectivity index is 1.89. The van der Waals surface area contributed by atoms with Gasteiger partial charge < -0.3 is 4.90 Å². The maximum atomic E-state index is 11.3. The molecule has 0 saturated carbocycles. The fourth-order valence-electron chi connectivity index (χ4n) is 2.31. The molecule has 0 aliphatic carbocycles. The zero-order chi connectivity index (χ0) is 14.0. The van der Waals surface area contributed by atoms with Gasteiger partial charge in [0.1, 0.15) is 0 Å². The Hall–Kier alpha value is -0.870. The number of nitrogens with zero attached hydrogens (tertiary/aromatic N) is 2. The fourth-order valence-corrected chi connectivity index (χ4v) is 3.42. The summed E-state index contributed by atoms with van der Waals surface area (Å²) in [7, 11) is 0. The lowest BCUT2D eigenvalue weighted by Crippen LogP contribution is -2.47. The van der Waals surface area contributed by atoms with Gasteiger partial charge in [0.2, 0.25) is 5.91 Å². The molecule has 2 heterocycles. The molecule has 19 heavy (non-hydrogen) atoms. The molecule has 1 amide bonds. The van der Waals surface area contributed by atoms with Crippen LogP contribution in [-0.2, 0) is 16.8 Å². The Kier molecular flexibility index (Phi) is 4.31. The average Bonchev–Trinajstić information content (AvgIpc) is 2.78. The zero-order valence-corrected chi connectivity index (χ0v) is 13.2. The van der Waals surface area contributed by atoms with E-state index in [9.17, 15) is 4.79 Å². The number of hydrogen-bond acceptors (Lipinski definition) is 3. The summed E-state index contributed by atoms with van der Waals surface area (Å²) in [6, 6.07) is 4.51. The lowest BCUT2D eigenvalue weighted by molar-refractivity contribution is -0.130. The first kappa shape index (κ1) is 14.5. The first-order chi connectivity index (χ1) is 8.86. The van der Waals surface area contributed by atoms with Gasteiger partial charge in [-0.05, 0) is 17.5 Å². The van der Waals surface area contributed by atoms with Crippen molar-refractivity contribution in [1.29, 1.82) is 0 Å². The van der Waals surface area contributed by atoms with Crippen LogP contribution in [0, 0.1) is 0 Å². The molecule has 0 unspecified atom stereocenters. The number of carbonyl (C=O) groups is 1. The van der Waals surface area contributed by atoms with Crippen molar-refractivity contribution in [2.45, 2.75) is 39.7 Å². The number of piperazine rings is 1. The van der Waals surface area contributed by atoms with Crippen LogP contribution in [0.25, 0.3) is 0 Å². The smallest absolute Gasteiger partial charge is 0.219 e. The van der Waals surface area contributed by atoms with Gasteiger partial charge in [0.25, 0.3) is 0 Å². The third kappa shape index (κ3) is 3.80. The minimum Gasteiger partial charge on any atom is -0.340 e. The van der Waals surface area contributed by atoms with Crippen molar-refractivity contribution in [1.82, 2.24) is 9.80 Å². The molecule has 0 spiro atoms. The Morgan fingerprint density at radius 3 is 2.32 bits per heavy atom. The minimum atomic E-state index is 0.200. The molecule has 1 fully saturated rings. The van der Waals surface area contributed by atoms with Crippen molar-refractivity contribution in [3.63, 3.8) is 0 Å². The zero-order valence-electron chi connectivity index (χ0n) is 12.4. The molecule has 1 aromatic rings. The quantitative estimate of drug-likeness (QED) is 0.831. The number of amides is 1. The van der Waals surface area contributed by atoms with E-state index >= 15 is 0 Å². The van der Waals surface area contributed by atoms with Crippen LogP contribution in [0.1, 0.15) is 37.4 Å². The second kappa shape index (κ2) is 5.63. The number of carbonyl (C=O) groups excluding carboxylic acids is 1. The molecule has 1 aliphatic rings. The Morgan fingerprint density at radius 1 is 1.21 bits per heavy atom. The highest BCUT2D eigenvalue weighted by Crippen LogP contribution is 2.30. The molecule has 0 atom stereocenters. The van der Waals surface area contributed by atoms with Crippen molar-refractivity contribution in [2.24, 2.45) is 0 Å². The van der Waals surface area contributed by atoms with Gasteiger partial charge in [-0.1, -0.05) is 20.8 Å². The van der Waals surface area contributed by atoms with Crippen molar-refractivity contribution >= 4 is 17.2 Å². The standard InChI is InChI=1S/C15H24N2OS/c1-12(18)17-9-7-16(8-10-17)11-13-5-6-14(19-13)15(2,3)4/h5-6H,7-11H2,1-4H3. The van der Waals surface area contributed by atoms with Crippen molar-refractivity contribution in [3.05, 3.63) is 21.9 Å². The molecule has 1 aliphatic heterocycles. The summed E-state index contributed by atoms with van der Waals surface area (Å²) in [6.07, 6.45) is 0. The molecule has 106 valence electrons. The summed E-state index contributed by atoms with van der Waals surface area (Å²) in [5.41, 5.74) is 0.246. The molecule has 1 saturated heterocycles. The van der Waals surface area contributed by atoms with Crippen LogP contribution in [0.3, 0.4) is 0 Å². The number of rotatable bonds is 2. The third-order valence-electron chi connectivity index (χ3n) is 3.60. The second-order valence-corrected chi connectivity index (χ2v) is 7.47.